The van der Waals surface area contributed by atoms with Gasteiger partial charge in [0.25, 0.3) is 0 Å². The van der Waals surface area contributed by atoms with Gasteiger partial charge in [-0.25, -0.2) is 4.79 Å². The van der Waals surface area contributed by atoms with Gasteiger partial charge in [0.15, 0.2) is 11.9 Å². The predicted octanol–water partition coefficient (Wildman–Crippen LogP) is 1.36. The van der Waals surface area contributed by atoms with Crippen LogP contribution in [0.2, 0.25) is 0 Å². The summed E-state index contributed by atoms with van der Waals surface area (Å²) in [6.45, 7) is 1.87. The number of hydrogen-bond donors (Lipinski definition) is 1. The lowest BCUT2D eigenvalue weighted by Gasteiger charge is -2.25. The van der Waals surface area contributed by atoms with Crippen molar-refractivity contribution in [3.8, 4) is 0 Å². The number of fused-ring (bicyclic) bond motifs is 1. The van der Waals surface area contributed by atoms with Gasteiger partial charge < -0.3 is 9.84 Å². The first-order valence-electron chi connectivity index (χ1n) is 6.12. The van der Waals surface area contributed by atoms with Crippen LogP contribution < -0.4 is 0 Å². The van der Waals surface area contributed by atoms with Gasteiger partial charge in [0, 0.05) is 5.56 Å². The number of benzene rings is 1. The molecular formula is C14H16O4. The minimum atomic E-state index is -1.36. The first-order valence-corrected chi connectivity index (χ1v) is 6.12. The average molecular weight is 248 g/mol. The molecule has 1 aromatic rings. The largest absolute Gasteiger partial charge is 0.464 e. The fraction of sp³-hybridized carbons (Fsp3) is 0.429. The lowest BCUT2D eigenvalue weighted by Crippen LogP contribution is -2.38. The number of rotatable bonds is 3. The number of hydrogen-bond acceptors (Lipinski definition) is 4. The standard InChI is InChI=1S/C14H16O4/c1-2-18-14(17)13(16)11-8-7-9-5-3-4-6-10(9)12(11)15/h3-6,11,13,16H,2,7-8H2,1H3/t11-,13+/m1/s1. The topological polar surface area (TPSA) is 63.6 Å². The summed E-state index contributed by atoms with van der Waals surface area (Å²) in [5, 5.41) is 9.87. The number of aryl methyl sites for hydroxylation is 1. The Morgan fingerprint density at radius 3 is 2.94 bits per heavy atom. The number of aliphatic hydroxyl groups excluding tert-OH is 1. The molecule has 0 heterocycles. The van der Waals surface area contributed by atoms with E-state index in [1.165, 1.54) is 0 Å². The van der Waals surface area contributed by atoms with Gasteiger partial charge in [-0.15, -0.1) is 0 Å². The number of aliphatic hydroxyl groups is 1. The molecule has 1 aromatic carbocycles. The summed E-state index contributed by atoms with van der Waals surface area (Å²) in [4.78, 5) is 23.7. The lowest BCUT2D eigenvalue weighted by atomic mass is 9.80. The molecule has 0 saturated heterocycles. The molecule has 0 amide bonds. The van der Waals surface area contributed by atoms with E-state index in [0.29, 0.717) is 18.4 Å². The molecule has 0 unspecified atom stereocenters. The second kappa shape index (κ2) is 5.31. The summed E-state index contributed by atoms with van der Waals surface area (Å²) in [6.07, 6.45) is -0.176. The Balaban J connectivity index is 2.19. The van der Waals surface area contributed by atoms with E-state index in [4.69, 9.17) is 4.74 Å². The third-order valence-corrected chi connectivity index (χ3v) is 3.25. The van der Waals surface area contributed by atoms with Crippen molar-refractivity contribution in [3.05, 3.63) is 35.4 Å². The maximum absolute atomic E-state index is 12.2. The molecule has 4 nitrogen and oxygen atoms in total. The zero-order chi connectivity index (χ0) is 13.1. The highest BCUT2D eigenvalue weighted by Crippen LogP contribution is 2.28. The van der Waals surface area contributed by atoms with Crippen LogP contribution in [0.3, 0.4) is 0 Å². The number of carbonyl (C=O) groups is 2. The maximum Gasteiger partial charge on any atom is 0.335 e. The van der Waals surface area contributed by atoms with Gasteiger partial charge >= 0.3 is 5.97 Å². The van der Waals surface area contributed by atoms with Crippen molar-refractivity contribution in [2.45, 2.75) is 25.9 Å². The summed E-state index contributed by atoms with van der Waals surface area (Å²) < 4.78 is 4.75. The van der Waals surface area contributed by atoms with Crippen molar-refractivity contribution >= 4 is 11.8 Å². The average Bonchev–Trinajstić information content (AvgIpc) is 2.39. The minimum absolute atomic E-state index is 0.169. The molecule has 96 valence electrons. The van der Waals surface area contributed by atoms with Gasteiger partial charge in [-0.05, 0) is 25.3 Å². The zero-order valence-electron chi connectivity index (χ0n) is 10.3. The van der Waals surface area contributed by atoms with Gasteiger partial charge in [0.1, 0.15) is 0 Å². The van der Waals surface area contributed by atoms with E-state index < -0.39 is 18.0 Å². The molecular weight excluding hydrogens is 232 g/mol. The van der Waals surface area contributed by atoms with Crippen LogP contribution in [0, 0.1) is 5.92 Å². The van der Waals surface area contributed by atoms with Crippen LogP contribution in [-0.2, 0) is 16.0 Å². The van der Waals surface area contributed by atoms with Crippen molar-refractivity contribution in [1.29, 1.82) is 0 Å². The highest BCUT2D eigenvalue weighted by molar-refractivity contribution is 6.02. The van der Waals surface area contributed by atoms with Crippen LogP contribution in [0.25, 0.3) is 0 Å². The zero-order valence-corrected chi connectivity index (χ0v) is 10.3. The summed E-state index contributed by atoms with van der Waals surface area (Å²) in [6, 6.07) is 7.31. The van der Waals surface area contributed by atoms with Crippen molar-refractivity contribution in [2.75, 3.05) is 6.61 Å². The molecule has 0 bridgehead atoms. The third-order valence-electron chi connectivity index (χ3n) is 3.25. The van der Waals surface area contributed by atoms with Crippen LogP contribution in [0.1, 0.15) is 29.3 Å². The van der Waals surface area contributed by atoms with E-state index in [9.17, 15) is 14.7 Å². The highest BCUT2D eigenvalue weighted by atomic mass is 16.5. The number of ketones is 1. The van der Waals surface area contributed by atoms with Crippen molar-refractivity contribution < 1.29 is 19.4 Å². The molecule has 0 aromatic heterocycles. The molecule has 1 aliphatic carbocycles. The molecule has 0 spiro atoms. The van der Waals surface area contributed by atoms with Gasteiger partial charge in [0.2, 0.25) is 0 Å². The third kappa shape index (κ3) is 2.29. The smallest absolute Gasteiger partial charge is 0.335 e. The molecule has 1 aliphatic rings. The maximum atomic E-state index is 12.2. The predicted molar refractivity (Wildman–Crippen MR) is 65.2 cm³/mol. The highest BCUT2D eigenvalue weighted by Gasteiger charge is 2.36. The normalized spacial score (nSPS) is 20.1. The number of Topliss-reactive ketones (excluding diaryl/α,β-unsaturated/α-hetero) is 1. The van der Waals surface area contributed by atoms with Gasteiger partial charge in [-0.1, -0.05) is 24.3 Å². The molecule has 2 atom stereocenters. The molecule has 0 fully saturated rings. The fourth-order valence-electron chi connectivity index (χ4n) is 2.31. The Morgan fingerprint density at radius 2 is 2.22 bits per heavy atom. The van der Waals surface area contributed by atoms with Crippen LogP contribution in [-0.4, -0.2) is 29.6 Å². The second-order valence-electron chi connectivity index (χ2n) is 4.36. The summed E-state index contributed by atoms with van der Waals surface area (Å²) in [5.74, 6) is -1.56. The number of ether oxygens (including phenoxy) is 1. The van der Waals surface area contributed by atoms with Gasteiger partial charge in [0.05, 0.1) is 12.5 Å². The first-order chi connectivity index (χ1) is 8.65. The van der Waals surface area contributed by atoms with Crippen molar-refractivity contribution in [3.63, 3.8) is 0 Å². The monoisotopic (exact) mass is 248 g/mol. The van der Waals surface area contributed by atoms with E-state index in [1.807, 2.05) is 12.1 Å². The Kier molecular flexibility index (Phi) is 3.77. The van der Waals surface area contributed by atoms with E-state index in [-0.39, 0.29) is 12.4 Å². The van der Waals surface area contributed by atoms with Crippen LogP contribution >= 0.6 is 0 Å². The van der Waals surface area contributed by atoms with E-state index in [2.05, 4.69) is 0 Å². The quantitative estimate of drug-likeness (QED) is 0.820. The number of carbonyl (C=O) groups excluding carboxylic acids is 2. The molecule has 0 saturated carbocycles. The van der Waals surface area contributed by atoms with Crippen LogP contribution in [0.5, 0.6) is 0 Å². The van der Waals surface area contributed by atoms with Crippen LogP contribution in [0.15, 0.2) is 24.3 Å². The van der Waals surface area contributed by atoms with E-state index in [0.717, 1.165) is 5.56 Å². The molecule has 0 aliphatic heterocycles. The Morgan fingerprint density at radius 1 is 1.50 bits per heavy atom. The summed E-state index contributed by atoms with van der Waals surface area (Å²) >= 11 is 0. The fourth-order valence-corrected chi connectivity index (χ4v) is 2.31. The van der Waals surface area contributed by atoms with E-state index >= 15 is 0 Å². The molecule has 0 radical (unpaired) electrons. The lowest BCUT2D eigenvalue weighted by molar-refractivity contribution is -0.155. The second-order valence-corrected chi connectivity index (χ2v) is 4.36. The molecule has 18 heavy (non-hydrogen) atoms. The van der Waals surface area contributed by atoms with Gasteiger partial charge in [-0.2, -0.15) is 0 Å². The van der Waals surface area contributed by atoms with Gasteiger partial charge in [-0.3, -0.25) is 4.79 Å². The Labute approximate surface area is 106 Å². The van der Waals surface area contributed by atoms with Crippen molar-refractivity contribution in [2.24, 2.45) is 5.92 Å². The molecule has 2 rings (SSSR count). The minimum Gasteiger partial charge on any atom is -0.464 e. The molecule has 1 N–H and O–H groups in total. The number of esters is 1. The Hall–Kier alpha value is -1.68. The Bertz CT molecular complexity index is 467. The summed E-state index contributed by atoms with van der Waals surface area (Å²) in [7, 11) is 0. The molecule has 4 heteroatoms. The first kappa shape index (κ1) is 12.8. The SMILES string of the molecule is CCOC(=O)[C@@H](O)[C@@H]1CCc2ccccc2C1=O. The van der Waals surface area contributed by atoms with Crippen molar-refractivity contribution in [1.82, 2.24) is 0 Å². The summed E-state index contributed by atoms with van der Waals surface area (Å²) in [5.41, 5.74) is 1.59. The van der Waals surface area contributed by atoms with Crippen LogP contribution in [0.4, 0.5) is 0 Å². The van der Waals surface area contributed by atoms with E-state index in [1.54, 1.807) is 19.1 Å².